The van der Waals surface area contributed by atoms with Crippen LogP contribution in [-0.2, 0) is 30.2 Å². The third-order valence-corrected chi connectivity index (χ3v) is 7.15. The summed E-state index contributed by atoms with van der Waals surface area (Å²) >= 11 is 0. The summed E-state index contributed by atoms with van der Waals surface area (Å²) in [5.41, 5.74) is -0.377. The maximum Gasteiger partial charge on any atom is 0.416 e. The lowest BCUT2D eigenvalue weighted by molar-refractivity contribution is -0.143. The van der Waals surface area contributed by atoms with Crippen molar-refractivity contribution < 1.29 is 41.0 Å². The molecule has 3 aromatic rings. The van der Waals surface area contributed by atoms with Crippen molar-refractivity contribution in [1.82, 2.24) is 20.2 Å². The zero-order valence-electron chi connectivity index (χ0n) is 24.0. The van der Waals surface area contributed by atoms with Crippen LogP contribution in [0.3, 0.4) is 0 Å². The Morgan fingerprint density at radius 2 is 1.74 bits per heavy atom. The zero-order chi connectivity index (χ0) is 31.7. The number of aryl methyl sites for hydroxylation is 1. The topological polar surface area (TPSA) is 96.6 Å². The number of ether oxygens (including phenoxy) is 1. The Labute approximate surface area is 244 Å². The first-order valence-corrected chi connectivity index (χ1v) is 13.6. The van der Waals surface area contributed by atoms with Gasteiger partial charge in [-0.15, -0.1) is 5.10 Å². The lowest BCUT2D eigenvalue weighted by Crippen LogP contribution is -2.35. The number of hydrogen-bond donors (Lipinski definition) is 1. The first kappa shape index (κ1) is 32.0. The molecule has 0 fully saturated rings. The van der Waals surface area contributed by atoms with E-state index in [0.29, 0.717) is 36.2 Å². The number of amides is 1. The number of anilines is 2. The van der Waals surface area contributed by atoms with Crippen LogP contribution in [0.5, 0.6) is 0 Å². The molecule has 43 heavy (non-hydrogen) atoms. The summed E-state index contributed by atoms with van der Waals surface area (Å²) in [6.07, 6.45) is -10.2. The summed E-state index contributed by atoms with van der Waals surface area (Å²) in [6.45, 7) is 6.60. The smallest absolute Gasteiger partial charge is 0.416 e. The van der Waals surface area contributed by atoms with Gasteiger partial charge >= 0.3 is 18.4 Å². The fourth-order valence-electron chi connectivity index (χ4n) is 5.09. The minimum absolute atomic E-state index is 0.0308. The summed E-state index contributed by atoms with van der Waals surface area (Å²) in [4.78, 5) is 17.3. The van der Waals surface area contributed by atoms with Gasteiger partial charge in [-0.1, -0.05) is 17.2 Å². The number of tetrazole rings is 1. The predicted octanol–water partition coefficient (Wildman–Crippen LogP) is 6.21. The SMILES string of the molecule is Cc1ccc2c(c1C)N(C(=O)OC(C)C)CCCC2N(Cc1cc(C(F)(F)F)cc(C(F)(F)F)c1)c1nnn(CCO)n1. The molecule has 2 aromatic carbocycles. The molecule has 15 heteroatoms. The number of hydrogen-bond acceptors (Lipinski definition) is 7. The van der Waals surface area contributed by atoms with Crippen LogP contribution in [-0.4, -0.2) is 50.7 Å². The molecule has 1 aromatic heterocycles. The number of halogens is 6. The van der Waals surface area contributed by atoms with Crippen molar-refractivity contribution in [3.8, 4) is 0 Å². The quantitative estimate of drug-likeness (QED) is 0.316. The van der Waals surface area contributed by atoms with E-state index < -0.39 is 48.3 Å². The van der Waals surface area contributed by atoms with E-state index in [1.165, 1.54) is 9.80 Å². The largest absolute Gasteiger partial charge is 0.446 e. The van der Waals surface area contributed by atoms with Crippen LogP contribution >= 0.6 is 0 Å². The maximum absolute atomic E-state index is 13.7. The minimum Gasteiger partial charge on any atom is -0.446 e. The van der Waals surface area contributed by atoms with Crippen molar-refractivity contribution in [1.29, 1.82) is 0 Å². The number of aromatic nitrogens is 4. The number of aliphatic hydroxyl groups is 1. The summed E-state index contributed by atoms with van der Waals surface area (Å²) in [5, 5.41) is 21.5. The normalized spacial score (nSPS) is 15.8. The van der Waals surface area contributed by atoms with Gasteiger partial charge < -0.3 is 14.7 Å². The molecule has 1 aliphatic heterocycles. The van der Waals surface area contributed by atoms with Crippen LogP contribution < -0.4 is 9.80 Å². The Morgan fingerprint density at radius 3 is 2.33 bits per heavy atom. The maximum atomic E-state index is 13.7. The second kappa shape index (κ2) is 12.4. The fourth-order valence-corrected chi connectivity index (χ4v) is 5.09. The molecule has 0 bridgehead atoms. The standard InChI is InChI=1S/C28H32F6N6O3/c1-16(2)43-26(42)38-9-5-6-23(22-8-7-17(3)18(4)24(22)38)39(25-35-37-40(36-25)10-11-41)15-19-12-20(27(29,30)31)14-21(13-19)28(32,33)34/h7-8,12-14,16,23,41H,5-6,9-11,15H2,1-4H3. The van der Waals surface area contributed by atoms with Gasteiger partial charge in [-0.05, 0) is 86.2 Å². The Kier molecular flexibility index (Phi) is 9.23. The highest BCUT2D eigenvalue weighted by molar-refractivity contribution is 5.90. The Balaban J connectivity index is 1.89. The van der Waals surface area contributed by atoms with Crippen molar-refractivity contribution in [3.05, 3.63) is 63.7 Å². The molecule has 234 valence electrons. The molecule has 2 heterocycles. The average molecular weight is 615 g/mol. The van der Waals surface area contributed by atoms with Crippen molar-refractivity contribution in [2.24, 2.45) is 0 Å². The molecule has 1 N–H and O–H groups in total. The van der Waals surface area contributed by atoms with E-state index in [4.69, 9.17) is 4.74 Å². The molecular weight excluding hydrogens is 582 g/mol. The van der Waals surface area contributed by atoms with Crippen LogP contribution in [0.1, 0.15) is 66.1 Å². The highest BCUT2D eigenvalue weighted by atomic mass is 19.4. The van der Waals surface area contributed by atoms with Gasteiger partial charge in [0.15, 0.2) is 0 Å². The number of rotatable bonds is 7. The summed E-state index contributed by atoms with van der Waals surface area (Å²) in [5.74, 6) is -0.0631. The van der Waals surface area contributed by atoms with E-state index in [0.717, 1.165) is 15.9 Å². The van der Waals surface area contributed by atoms with Gasteiger partial charge in [-0.25, -0.2) is 4.79 Å². The number of alkyl halides is 6. The van der Waals surface area contributed by atoms with Crippen LogP contribution in [0.4, 0.5) is 42.8 Å². The third kappa shape index (κ3) is 7.20. The van der Waals surface area contributed by atoms with E-state index in [1.807, 2.05) is 19.9 Å². The van der Waals surface area contributed by atoms with Crippen LogP contribution in [0.2, 0.25) is 0 Å². The van der Waals surface area contributed by atoms with Crippen molar-refractivity contribution in [2.45, 2.75) is 78.1 Å². The molecule has 1 unspecified atom stereocenters. The summed E-state index contributed by atoms with van der Waals surface area (Å²) < 4.78 is 87.6. The summed E-state index contributed by atoms with van der Waals surface area (Å²) in [6, 6.07) is 4.35. The van der Waals surface area contributed by atoms with E-state index in [1.54, 1.807) is 19.9 Å². The lowest BCUT2D eigenvalue weighted by Gasteiger charge is -2.33. The van der Waals surface area contributed by atoms with E-state index in [-0.39, 0.29) is 37.3 Å². The van der Waals surface area contributed by atoms with Crippen molar-refractivity contribution in [3.63, 3.8) is 0 Å². The van der Waals surface area contributed by atoms with Gasteiger partial charge in [0.25, 0.3) is 5.95 Å². The second-order valence-corrected chi connectivity index (χ2v) is 10.6. The highest BCUT2D eigenvalue weighted by Crippen LogP contribution is 2.43. The lowest BCUT2D eigenvalue weighted by atomic mass is 9.94. The van der Waals surface area contributed by atoms with Gasteiger partial charge in [-0.2, -0.15) is 31.1 Å². The van der Waals surface area contributed by atoms with Gasteiger partial charge in [0.05, 0.1) is 42.1 Å². The predicted molar refractivity (Wildman–Crippen MR) is 144 cm³/mol. The van der Waals surface area contributed by atoms with E-state index >= 15 is 0 Å². The zero-order valence-corrected chi connectivity index (χ0v) is 24.0. The van der Waals surface area contributed by atoms with Gasteiger partial charge in [0.2, 0.25) is 0 Å². The van der Waals surface area contributed by atoms with Gasteiger partial charge in [0, 0.05) is 13.1 Å². The number of carbonyl (C=O) groups excluding carboxylic acids is 1. The number of aliphatic hydroxyl groups excluding tert-OH is 1. The molecule has 1 amide bonds. The number of nitrogens with zero attached hydrogens (tertiary/aromatic N) is 6. The monoisotopic (exact) mass is 614 g/mol. The molecule has 9 nitrogen and oxygen atoms in total. The van der Waals surface area contributed by atoms with Crippen LogP contribution in [0.15, 0.2) is 30.3 Å². The van der Waals surface area contributed by atoms with Crippen molar-refractivity contribution >= 4 is 17.7 Å². The van der Waals surface area contributed by atoms with Gasteiger partial charge in [0.1, 0.15) is 0 Å². The molecular formula is C28H32F6N6O3. The Morgan fingerprint density at radius 1 is 1.09 bits per heavy atom. The van der Waals surface area contributed by atoms with Crippen LogP contribution in [0, 0.1) is 13.8 Å². The van der Waals surface area contributed by atoms with Gasteiger partial charge in [-0.3, -0.25) is 4.90 Å². The first-order valence-electron chi connectivity index (χ1n) is 13.6. The molecule has 0 aliphatic carbocycles. The molecule has 0 spiro atoms. The number of fused-ring (bicyclic) bond motifs is 1. The molecule has 0 radical (unpaired) electrons. The minimum atomic E-state index is -5.02. The molecule has 0 saturated heterocycles. The second-order valence-electron chi connectivity index (χ2n) is 10.6. The third-order valence-electron chi connectivity index (χ3n) is 7.15. The molecule has 1 atom stereocenters. The molecule has 0 saturated carbocycles. The summed E-state index contributed by atoms with van der Waals surface area (Å²) in [7, 11) is 0. The molecule has 1 aliphatic rings. The highest BCUT2D eigenvalue weighted by Gasteiger charge is 2.38. The van der Waals surface area contributed by atoms with Crippen LogP contribution in [0.25, 0.3) is 0 Å². The van der Waals surface area contributed by atoms with Crippen molar-refractivity contribution in [2.75, 3.05) is 23.0 Å². The van der Waals surface area contributed by atoms with E-state index in [9.17, 15) is 36.2 Å². The fraction of sp³-hybridized carbons (Fsp3) is 0.500. The number of carbonyl (C=O) groups is 1. The Hall–Kier alpha value is -3.88. The Bertz CT molecular complexity index is 1420. The average Bonchev–Trinajstić information content (AvgIpc) is 3.28. The number of benzene rings is 2. The van der Waals surface area contributed by atoms with E-state index in [2.05, 4.69) is 15.4 Å². The first-order chi connectivity index (χ1) is 20.1. The molecule has 4 rings (SSSR count).